The Labute approximate surface area is 167 Å². The number of methoxy groups -OCH3 is 1. The SMILES string of the molecule is COc1ccccc1OCC(=O)OCC(=O)N[C@@H](C)c1ccc(Cl)cc1Cl. The zero-order chi connectivity index (χ0) is 19.8. The quantitative estimate of drug-likeness (QED) is 0.668. The zero-order valence-electron chi connectivity index (χ0n) is 14.8. The van der Waals surface area contributed by atoms with Crippen LogP contribution in [0.2, 0.25) is 10.0 Å². The number of nitrogens with one attached hydrogen (secondary N) is 1. The first-order valence-electron chi connectivity index (χ1n) is 8.06. The fourth-order valence-corrected chi connectivity index (χ4v) is 2.85. The van der Waals surface area contributed by atoms with E-state index in [0.717, 1.165) is 0 Å². The lowest BCUT2D eigenvalue weighted by Crippen LogP contribution is -2.32. The molecule has 0 spiro atoms. The van der Waals surface area contributed by atoms with Crippen molar-refractivity contribution in [3.05, 3.63) is 58.1 Å². The molecule has 0 aromatic heterocycles. The highest BCUT2D eigenvalue weighted by atomic mass is 35.5. The molecule has 1 N–H and O–H groups in total. The first-order chi connectivity index (χ1) is 12.9. The minimum atomic E-state index is -0.673. The summed E-state index contributed by atoms with van der Waals surface area (Å²) >= 11 is 12.0. The molecule has 0 unspecified atom stereocenters. The molecule has 6 nitrogen and oxygen atoms in total. The average Bonchev–Trinajstić information content (AvgIpc) is 2.64. The van der Waals surface area contributed by atoms with Crippen LogP contribution in [0.15, 0.2) is 42.5 Å². The van der Waals surface area contributed by atoms with Crippen LogP contribution in [0.3, 0.4) is 0 Å². The molecule has 0 aliphatic heterocycles. The largest absolute Gasteiger partial charge is 0.493 e. The van der Waals surface area contributed by atoms with Gasteiger partial charge in [-0.05, 0) is 36.8 Å². The third-order valence-electron chi connectivity index (χ3n) is 3.59. The van der Waals surface area contributed by atoms with E-state index in [4.69, 9.17) is 37.4 Å². The van der Waals surface area contributed by atoms with E-state index in [0.29, 0.717) is 27.1 Å². The summed E-state index contributed by atoms with van der Waals surface area (Å²) in [4.78, 5) is 23.7. The maximum atomic E-state index is 12.0. The van der Waals surface area contributed by atoms with Crippen molar-refractivity contribution in [2.24, 2.45) is 0 Å². The summed E-state index contributed by atoms with van der Waals surface area (Å²) in [5.41, 5.74) is 0.709. The van der Waals surface area contributed by atoms with Crippen molar-refractivity contribution in [2.75, 3.05) is 20.3 Å². The fraction of sp³-hybridized carbons (Fsp3) is 0.263. The molecule has 0 saturated carbocycles. The molecule has 0 heterocycles. The van der Waals surface area contributed by atoms with Gasteiger partial charge in [-0.25, -0.2) is 4.79 Å². The minimum absolute atomic E-state index is 0.341. The lowest BCUT2D eigenvalue weighted by molar-refractivity contribution is -0.150. The summed E-state index contributed by atoms with van der Waals surface area (Å²) in [6.45, 7) is 0.996. The number of carbonyl (C=O) groups excluding carboxylic acids is 2. The highest BCUT2D eigenvalue weighted by Gasteiger charge is 2.15. The number of halogens is 2. The summed E-state index contributed by atoms with van der Waals surface area (Å²) in [5, 5.41) is 3.65. The van der Waals surface area contributed by atoms with E-state index in [1.54, 1.807) is 49.4 Å². The second-order valence-electron chi connectivity index (χ2n) is 5.56. The standard InChI is InChI=1S/C19H19Cl2NO5/c1-12(14-8-7-13(20)9-15(14)21)22-18(23)10-27-19(24)11-26-17-6-4-3-5-16(17)25-2/h3-9,12H,10-11H2,1-2H3,(H,22,23)/t12-/m0/s1. The van der Waals surface area contributed by atoms with E-state index in [-0.39, 0.29) is 12.6 Å². The van der Waals surface area contributed by atoms with Gasteiger partial charge in [0.1, 0.15) is 0 Å². The predicted molar refractivity (Wildman–Crippen MR) is 102 cm³/mol. The zero-order valence-corrected chi connectivity index (χ0v) is 16.3. The maximum Gasteiger partial charge on any atom is 0.344 e. The number of rotatable bonds is 8. The molecule has 1 atom stereocenters. The summed E-state index contributed by atoms with van der Waals surface area (Å²) in [5.74, 6) is -0.225. The second-order valence-corrected chi connectivity index (χ2v) is 6.40. The molecule has 0 aliphatic rings. The number of esters is 1. The van der Waals surface area contributed by atoms with Gasteiger partial charge in [0, 0.05) is 10.0 Å². The first kappa shape index (κ1) is 20.9. The minimum Gasteiger partial charge on any atom is -0.493 e. The maximum absolute atomic E-state index is 12.0. The monoisotopic (exact) mass is 411 g/mol. The normalized spacial score (nSPS) is 11.4. The predicted octanol–water partition coefficient (Wildman–Crippen LogP) is 3.80. The highest BCUT2D eigenvalue weighted by molar-refractivity contribution is 6.35. The topological polar surface area (TPSA) is 73.9 Å². The van der Waals surface area contributed by atoms with Crippen LogP contribution in [-0.2, 0) is 14.3 Å². The highest BCUT2D eigenvalue weighted by Crippen LogP contribution is 2.26. The van der Waals surface area contributed by atoms with Crippen molar-refractivity contribution < 1.29 is 23.8 Å². The van der Waals surface area contributed by atoms with Gasteiger partial charge >= 0.3 is 5.97 Å². The third kappa shape index (κ3) is 6.34. The van der Waals surface area contributed by atoms with Crippen molar-refractivity contribution in [3.8, 4) is 11.5 Å². The number of para-hydroxylation sites is 2. The Bertz CT molecular complexity index is 812. The number of hydrogen-bond acceptors (Lipinski definition) is 5. The van der Waals surface area contributed by atoms with Crippen LogP contribution in [-0.4, -0.2) is 32.2 Å². The molecule has 1 amide bonds. The Hall–Kier alpha value is -2.44. The van der Waals surface area contributed by atoms with E-state index in [2.05, 4.69) is 5.32 Å². The molecule has 0 radical (unpaired) electrons. The van der Waals surface area contributed by atoms with Crippen LogP contribution in [0, 0.1) is 0 Å². The van der Waals surface area contributed by atoms with Gasteiger partial charge in [-0.15, -0.1) is 0 Å². The molecule has 0 aliphatic carbocycles. The van der Waals surface area contributed by atoms with E-state index in [1.807, 2.05) is 0 Å². The van der Waals surface area contributed by atoms with Crippen molar-refractivity contribution in [3.63, 3.8) is 0 Å². The van der Waals surface area contributed by atoms with E-state index in [1.165, 1.54) is 7.11 Å². The van der Waals surface area contributed by atoms with Crippen molar-refractivity contribution in [2.45, 2.75) is 13.0 Å². The number of amides is 1. The number of carbonyl (C=O) groups is 2. The van der Waals surface area contributed by atoms with Crippen LogP contribution in [0.25, 0.3) is 0 Å². The number of ether oxygens (including phenoxy) is 3. The summed E-state index contributed by atoms with van der Waals surface area (Å²) < 4.78 is 15.4. The first-order valence-corrected chi connectivity index (χ1v) is 8.82. The van der Waals surface area contributed by atoms with Gasteiger partial charge < -0.3 is 19.5 Å². The molecular weight excluding hydrogens is 393 g/mol. The second kappa shape index (κ2) is 10.0. The average molecular weight is 412 g/mol. The van der Waals surface area contributed by atoms with Gasteiger partial charge in [-0.3, -0.25) is 4.79 Å². The molecule has 144 valence electrons. The van der Waals surface area contributed by atoms with Crippen LogP contribution >= 0.6 is 23.2 Å². The van der Waals surface area contributed by atoms with Crippen LogP contribution < -0.4 is 14.8 Å². The van der Waals surface area contributed by atoms with Gasteiger partial charge in [0.25, 0.3) is 5.91 Å². The Morgan fingerprint density at radius 3 is 2.44 bits per heavy atom. The molecule has 27 heavy (non-hydrogen) atoms. The van der Waals surface area contributed by atoms with Crippen molar-refractivity contribution in [1.29, 1.82) is 0 Å². The van der Waals surface area contributed by atoms with Gasteiger partial charge in [-0.1, -0.05) is 41.4 Å². The van der Waals surface area contributed by atoms with E-state index >= 15 is 0 Å². The molecule has 8 heteroatoms. The fourth-order valence-electron chi connectivity index (χ4n) is 2.28. The van der Waals surface area contributed by atoms with Crippen molar-refractivity contribution in [1.82, 2.24) is 5.32 Å². The lowest BCUT2D eigenvalue weighted by atomic mass is 10.1. The van der Waals surface area contributed by atoms with Gasteiger partial charge in [0.15, 0.2) is 24.7 Å². The Morgan fingerprint density at radius 2 is 1.78 bits per heavy atom. The van der Waals surface area contributed by atoms with E-state index in [9.17, 15) is 9.59 Å². The summed E-state index contributed by atoms with van der Waals surface area (Å²) in [6, 6.07) is 11.5. The van der Waals surface area contributed by atoms with Gasteiger partial charge in [0.2, 0.25) is 0 Å². The Balaban J connectivity index is 1.78. The van der Waals surface area contributed by atoms with Crippen LogP contribution in [0.4, 0.5) is 0 Å². The molecule has 2 aromatic carbocycles. The lowest BCUT2D eigenvalue weighted by Gasteiger charge is -2.16. The summed E-state index contributed by atoms with van der Waals surface area (Å²) in [7, 11) is 1.50. The molecule has 0 fully saturated rings. The molecule has 2 aromatic rings. The Morgan fingerprint density at radius 1 is 1.07 bits per heavy atom. The number of hydrogen-bond donors (Lipinski definition) is 1. The molecular formula is C19H19Cl2NO5. The van der Waals surface area contributed by atoms with Crippen LogP contribution in [0.5, 0.6) is 11.5 Å². The molecule has 0 bridgehead atoms. The molecule has 2 rings (SSSR count). The smallest absolute Gasteiger partial charge is 0.344 e. The third-order valence-corrected chi connectivity index (χ3v) is 4.15. The van der Waals surface area contributed by atoms with Gasteiger partial charge in [-0.2, -0.15) is 0 Å². The molecule has 0 saturated heterocycles. The number of benzene rings is 2. The summed E-state index contributed by atoms with van der Waals surface area (Å²) in [6.07, 6.45) is 0. The van der Waals surface area contributed by atoms with Crippen molar-refractivity contribution >= 4 is 35.1 Å². The Kier molecular flexibility index (Phi) is 7.76. The van der Waals surface area contributed by atoms with Gasteiger partial charge in [0.05, 0.1) is 13.2 Å². The van der Waals surface area contributed by atoms with Crippen LogP contribution in [0.1, 0.15) is 18.5 Å². The van der Waals surface area contributed by atoms with E-state index < -0.39 is 18.5 Å².